The summed E-state index contributed by atoms with van der Waals surface area (Å²) < 4.78 is 64.8. The number of nitrogens with zero attached hydrogens (tertiary/aromatic N) is 1. The third kappa shape index (κ3) is 3.22. The van der Waals surface area contributed by atoms with Crippen molar-refractivity contribution in [1.29, 1.82) is 0 Å². The molecule has 1 heterocycles. The summed E-state index contributed by atoms with van der Waals surface area (Å²) in [6.07, 6.45) is -5.14. The molecular formula is C13H16F3NO3S. The molecule has 0 radical (unpaired) electrons. The Kier molecular flexibility index (Phi) is 4.32. The molecule has 2 atom stereocenters. The van der Waals surface area contributed by atoms with Crippen LogP contribution in [0.15, 0.2) is 29.2 Å². The van der Waals surface area contributed by atoms with Crippen LogP contribution in [-0.2, 0) is 16.2 Å². The van der Waals surface area contributed by atoms with E-state index in [4.69, 9.17) is 0 Å². The highest BCUT2D eigenvalue weighted by Gasteiger charge is 2.40. The molecule has 0 aromatic heterocycles. The van der Waals surface area contributed by atoms with Crippen LogP contribution in [0.2, 0.25) is 0 Å². The van der Waals surface area contributed by atoms with Gasteiger partial charge < -0.3 is 5.11 Å². The predicted octanol–water partition coefficient (Wildman–Crippen LogP) is 2.10. The van der Waals surface area contributed by atoms with Gasteiger partial charge in [-0.1, -0.05) is 19.1 Å². The van der Waals surface area contributed by atoms with Crippen molar-refractivity contribution in [3.63, 3.8) is 0 Å². The highest BCUT2D eigenvalue weighted by molar-refractivity contribution is 7.89. The van der Waals surface area contributed by atoms with Gasteiger partial charge in [-0.05, 0) is 24.5 Å². The van der Waals surface area contributed by atoms with Gasteiger partial charge in [0.15, 0.2) is 0 Å². The second-order valence-electron chi connectivity index (χ2n) is 5.19. The van der Waals surface area contributed by atoms with Crippen molar-refractivity contribution in [1.82, 2.24) is 4.31 Å². The van der Waals surface area contributed by atoms with Crippen molar-refractivity contribution < 1.29 is 26.7 Å². The maximum Gasteiger partial charge on any atom is 0.417 e. The Morgan fingerprint density at radius 1 is 1.29 bits per heavy atom. The van der Waals surface area contributed by atoms with E-state index in [0.717, 1.165) is 22.5 Å². The van der Waals surface area contributed by atoms with Gasteiger partial charge >= 0.3 is 6.18 Å². The van der Waals surface area contributed by atoms with Gasteiger partial charge in [-0.25, -0.2) is 8.42 Å². The van der Waals surface area contributed by atoms with E-state index in [1.165, 1.54) is 6.07 Å². The largest absolute Gasteiger partial charge is 0.417 e. The van der Waals surface area contributed by atoms with E-state index >= 15 is 0 Å². The van der Waals surface area contributed by atoms with Gasteiger partial charge in [0.1, 0.15) is 0 Å². The fourth-order valence-corrected chi connectivity index (χ4v) is 4.15. The van der Waals surface area contributed by atoms with E-state index in [0.29, 0.717) is 0 Å². The lowest BCUT2D eigenvalue weighted by Gasteiger charge is -2.33. The molecular weight excluding hydrogens is 307 g/mol. The topological polar surface area (TPSA) is 57.6 Å². The molecule has 0 aliphatic carbocycles. The highest BCUT2D eigenvalue weighted by atomic mass is 32.2. The molecule has 2 unspecified atom stereocenters. The van der Waals surface area contributed by atoms with Crippen molar-refractivity contribution in [2.45, 2.75) is 30.5 Å². The molecule has 1 N–H and O–H groups in total. The number of benzene rings is 1. The maximum absolute atomic E-state index is 13.0. The van der Waals surface area contributed by atoms with Crippen molar-refractivity contribution in [2.24, 2.45) is 5.92 Å². The first-order valence-electron chi connectivity index (χ1n) is 6.48. The van der Waals surface area contributed by atoms with Gasteiger partial charge in [0, 0.05) is 13.1 Å². The molecule has 118 valence electrons. The second kappa shape index (κ2) is 5.58. The fraction of sp³-hybridized carbons (Fsp3) is 0.538. The molecule has 1 aromatic rings. The summed E-state index contributed by atoms with van der Waals surface area (Å²) >= 11 is 0. The molecule has 1 fully saturated rings. The average molecular weight is 323 g/mol. The van der Waals surface area contributed by atoms with Crippen LogP contribution in [0.3, 0.4) is 0 Å². The molecule has 1 aromatic carbocycles. The van der Waals surface area contributed by atoms with Gasteiger partial charge in [0.2, 0.25) is 10.0 Å². The molecule has 0 spiro atoms. The van der Waals surface area contributed by atoms with Crippen molar-refractivity contribution in [3.8, 4) is 0 Å². The molecule has 0 bridgehead atoms. The normalized spacial score (nSPS) is 25.0. The predicted molar refractivity (Wildman–Crippen MR) is 70.0 cm³/mol. The minimum absolute atomic E-state index is 0.00961. The number of hydrogen-bond donors (Lipinski definition) is 1. The minimum atomic E-state index is -4.73. The third-order valence-electron chi connectivity index (χ3n) is 3.63. The van der Waals surface area contributed by atoms with Gasteiger partial charge in [-0.2, -0.15) is 17.5 Å². The Morgan fingerprint density at radius 3 is 2.48 bits per heavy atom. The number of aliphatic hydroxyl groups excluding tert-OH is 1. The minimum Gasteiger partial charge on any atom is -0.393 e. The summed E-state index contributed by atoms with van der Waals surface area (Å²) in [5.41, 5.74) is -1.16. The molecule has 0 amide bonds. The number of sulfonamides is 1. The van der Waals surface area contributed by atoms with E-state index in [-0.39, 0.29) is 25.4 Å². The molecule has 2 rings (SSSR count). The van der Waals surface area contributed by atoms with Crippen LogP contribution in [0.1, 0.15) is 18.9 Å². The van der Waals surface area contributed by atoms with Gasteiger partial charge in [0.25, 0.3) is 0 Å². The van der Waals surface area contributed by atoms with Crippen LogP contribution in [0.25, 0.3) is 0 Å². The van der Waals surface area contributed by atoms with Crippen molar-refractivity contribution >= 4 is 10.0 Å². The van der Waals surface area contributed by atoms with E-state index < -0.39 is 32.8 Å². The molecule has 1 aliphatic heterocycles. The summed E-state index contributed by atoms with van der Waals surface area (Å²) in [5.74, 6) is -0.313. The lowest BCUT2D eigenvalue weighted by atomic mass is 9.99. The van der Waals surface area contributed by atoms with E-state index in [9.17, 15) is 26.7 Å². The van der Waals surface area contributed by atoms with Crippen molar-refractivity contribution in [2.75, 3.05) is 13.1 Å². The van der Waals surface area contributed by atoms with Crippen LogP contribution in [0.4, 0.5) is 13.2 Å². The van der Waals surface area contributed by atoms with Crippen LogP contribution < -0.4 is 0 Å². The smallest absolute Gasteiger partial charge is 0.393 e. The Hall–Kier alpha value is -1.12. The lowest BCUT2D eigenvalue weighted by Crippen LogP contribution is -2.45. The Bertz CT molecular complexity index is 615. The van der Waals surface area contributed by atoms with Gasteiger partial charge in [-0.15, -0.1) is 0 Å². The average Bonchev–Trinajstić information content (AvgIpc) is 2.41. The quantitative estimate of drug-likeness (QED) is 0.907. The number of piperidine rings is 1. The molecule has 8 heteroatoms. The first kappa shape index (κ1) is 16.3. The summed E-state index contributed by atoms with van der Waals surface area (Å²) in [7, 11) is -4.23. The van der Waals surface area contributed by atoms with Crippen LogP contribution in [0.5, 0.6) is 0 Å². The summed E-state index contributed by atoms with van der Waals surface area (Å²) in [5, 5.41) is 9.61. The van der Waals surface area contributed by atoms with E-state index in [2.05, 4.69) is 0 Å². The van der Waals surface area contributed by atoms with Crippen LogP contribution in [0, 0.1) is 5.92 Å². The number of halogens is 3. The summed E-state index contributed by atoms with van der Waals surface area (Å²) in [6.45, 7) is 1.69. The first-order chi connectivity index (χ1) is 9.64. The molecule has 0 saturated carbocycles. The summed E-state index contributed by atoms with van der Waals surface area (Å²) in [6, 6.07) is 4.15. The zero-order valence-electron chi connectivity index (χ0n) is 11.3. The third-order valence-corrected chi connectivity index (χ3v) is 5.56. The lowest BCUT2D eigenvalue weighted by molar-refractivity contribution is -0.139. The highest BCUT2D eigenvalue weighted by Crippen LogP contribution is 2.36. The van der Waals surface area contributed by atoms with Gasteiger partial charge in [0.05, 0.1) is 16.6 Å². The van der Waals surface area contributed by atoms with Crippen LogP contribution in [-0.4, -0.2) is 37.0 Å². The van der Waals surface area contributed by atoms with E-state index in [1.807, 2.05) is 0 Å². The second-order valence-corrected chi connectivity index (χ2v) is 7.10. The number of alkyl halides is 3. The Morgan fingerprint density at radius 2 is 1.90 bits per heavy atom. The SMILES string of the molecule is CC1CN(S(=O)(=O)c2ccccc2C(F)(F)F)CCC1O. The molecule has 1 saturated heterocycles. The Labute approximate surface area is 121 Å². The fourth-order valence-electron chi connectivity index (χ4n) is 2.38. The van der Waals surface area contributed by atoms with Crippen LogP contribution >= 0.6 is 0 Å². The van der Waals surface area contributed by atoms with E-state index in [1.54, 1.807) is 6.92 Å². The molecule has 1 aliphatic rings. The zero-order chi connectivity index (χ0) is 15.8. The molecule has 21 heavy (non-hydrogen) atoms. The first-order valence-corrected chi connectivity index (χ1v) is 7.92. The Balaban J connectivity index is 2.42. The zero-order valence-corrected chi connectivity index (χ0v) is 12.2. The monoisotopic (exact) mass is 323 g/mol. The standard InChI is InChI=1S/C13H16F3NO3S/c1-9-8-17(7-6-11(9)18)21(19,20)12-5-3-2-4-10(12)13(14,15)16/h2-5,9,11,18H,6-8H2,1H3. The summed E-state index contributed by atoms with van der Waals surface area (Å²) in [4.78, 5) is -0.735. The number of rotatable bonds is 2. The number of aliphatic hydroxyl groups is 1. The maximum atomic E-state index is 13.0. The van der Waals surface area contributed by atoms with Crippen molar-refractivity contribution in [3.05, 3.63) is 29.8 Å². The number of hydrogen-bond acceptors (Lipinski definition) is 3. The van der Waals surface area contributed by atoms with Gasteiger partial charge in [-0.3, -0.25) is 0 Å². The molecule has 4 nitrogen and oxygen atoms in total.